The highest BCUT2D eigenvalue weighted by Crippen LogP contribution is 2.33. The van der Waals surface area contributed by atoms with E-state index in [1.54, 1.807) is 24.3 Å². The van der Waals surface area contributed by atoms with Crippen LogP contribution in [0.15, 0.2) is 41.3 Å². The third-order valence-corrected chi connectivity index (χ3v) is 6.80. The first-order valence-corrected chi connectivity index (χ1v) is 10.7. The van der Waals surface area contributed by atoms with Gasteiger partial charge in [-0.05, 0) is 31.2 Å². The Morgan fingerprint density at radius 2 is 1.89 bits per heavy atom. The SMILES string of the molecule is CC1CN(S(=O)(=O)c2ccc3c(c2)OCCCO3)CCN1c1cccc(F)n1. The van der Waals surface area contributed by atoms with Gasteiger partial charge in [0.05, 0.1) is 18.1 Å². The summed E-state index contributed by atoms with van der Waals surface area (Å²) in [5, 5.41) is 0. The van der Waals surface area contributed by atoms with E-state index in [0.29, 0.717) is 43.6 Å². The third-order valence-electron chi connectivity index (χ3n) is 4.94. The molecule has 3 heterocycles. The number of fused-ring (bicyclic) bond motifs is 1. The zero-order chi connectivity index (χ0) is 19.7. The highest BCUT2D eigenvalue weighted by molar-refractivity contribution is 7.89. The van der Waals surface area contributed by atoms with Gasteiger partial charge in [0.1, 0.15) is 5.82 Å². The van der Waals surface area contributed by atoms with Crippen LogP contribution in [0.3, 0.4) is 0 Å². The van der Waals surface area contributed by atoms with E-state index < -0.39 is 16.0 Å². The Bertz CT molecular complexity index is 969. The Hall–Kier alpha value is -2.39. The summed E-state index contributed by atoms with van der Waals surface area (Å²) in [6, 6.07) is 9.20. The molecule has 0 aliphatic carbocycles. The van der Waals surface area contributed by atoms with Gasteiger partial charge in [-0.15, -0.1) is 0 Å². The molecule has 0 radical (unpaired) electrons. The molecule has 0 bridgehead atoms. The number of pyridine rings is 1. The number of halogens is 1. The van der Waals surface area contributed by atoms with Crippen molar-refractivity contribution in [3.63, 3.8) is 0 Å². The first-order valence-electron chi connectivity index (χ1n) is 9.24. The molecular formula is C19H22FN3O4S. The topological polar surface area (TPSA) is 72.0 Å². The van der Waals surface area contributed by atoms with Crippen LogP contribution in [0.4, 0.5) is 10.2 Å². The molecule has 2 aliphatic heterocycles. The van der Waals surface area contributed by atoms with Gasteiger partial charge in [-0.3, -0.25) is 0 Å². The van der Waals surface area contributed by atoms with Gasteiger partial charge in [-0.2, -0.15) is 8.70 Å². The standard InChI is InChI=1S/C19H22FN3O4S/c1-14-13-22(8-9-23(14)19-5-2-4-18(20)21-19)28(24,25)15-6-7-16-17(12-15)27-11-3-10-26-16/h2,4-7,12,14H,3,8-11,13H2,1H3. The van der Waals surface area contributed by atoms with Crippen LogP contribution in [0.2, 0.25) is 0 Å². The van der Waals surface area contributed by atoms with Crippen LogP contribution in [0.1, 0.15) is 13.3 Å². The van der Waals surface area contributed by atoms with Crippen molar-refractivity contribution in [2.24, 2.45) is 0 Å². The van der Waals surface area contributed by atoms with Crippen LogP contribution in [-0.2, 0) is 10.0 Å². The second-order valence-electron chi connectivity index (χ2n) is 6.88. The molecule has 2 aliphatic rings. The molecule has 150 valence electrons. The number of ether oxygens (including phenoxy) is 2. The maximum absolute atomic E-state index is 13.4. The van der Waals surface area contributed by atoms with E-state index in [4.69, 9.17) is 9.47 Å². The monoisotopic (exact) mass is 407 g/mol. The van der Waals surface area contributed by atoms with E-state index in [9.17, 15) is 12.8 Å². The Labute approximate surface area is 163 Å². The summed E-state index contributed by atoms with van der Waals surface area (Å²) in [6.45, 7) is 3.96. The fourth-order valence-corrected chi connectivity index (χ4v) is 5.02. The van der Waals surface area contributed by atoms with Crippen molar-refractivity contribution in [3.8, 4) is 11.5 Å². The summed E-state index contributed by atoms with van der Waals surface area (Å²) in [5.74, 6) is 0.980. The Morgan fingerprint density at radius 1 is 1.11 bits per heavy atom. The minimum absolute atomic E-state index is 0.141. The van der Waals surface area contributed by atoms with Crippen LogP contribution in [0.25, 0.3) is 0 Å². The van der Waals surface area contributed by atoms with E-state index >= 15 is 0 Å². The van der Waals surface area contributed by atoms with Gasteiger partial charge in [0.25, 0.3) is 0 Å². The number of piperazine rings is 1. The van der Waals surface area contributed by atoms with Crippen LogP contribution < -0.4 is 14.4 Å². The molecule has 1 aromatic heterocycles. The number of benzene rings is 1. The third kappa shape index (κ3) is 3.64. The van der Waals surface area contributed by atoms with Crippen molar-refractivity contribution in [2.45, 2.75) is 24.3 Å². The lowest BCUT2D eigenvalue weighted by atomic mass is 10.2. The normalized spacial score (nSPS) is 20.6. The fourth-order valence-electron chi connectivity index (χ4n) is 3.49. The van der Waals surface area contributed by atoms with Gasteiger partial charge in [0.15, 0.2) is 11.5 Å². The molecule has 9 heteroatoms. The predicted octanol–water partition coefficient (Wildman–Crippen LogP) is 2.28. The summed E-state index contributed by atoms with van der Waals surface area (Å²) >= 11 is 0. The molecule has 7 nitrogen and oxygen atoms in total. The van der Waals surface area contributed by atoms with Crippen LogP contribution in [0.5, 0.6) is 11.5 Å². The fraction of sp³-hybridized carbons (Fsp3) is 0.421. The van der Waals surface area contributed by atoms with E-state index in [1.807, 2.05) is 11.8 Å². The molecule has 1 atom stereocenters. The van der Waals surface area contributed by atoms with Gasteiger partial charge in [0.2, 0.25) is 16.0 Å². The summed E-state index contributed by atoms with van der Waals surface area (Å²) in [4.78, 5) is 6.01. The molecule has 0 saturated carbocycles. The van der Waals surface area contributed by atoms with Crippen molar-refractivity contribution < 1.29 is 22.3 Å². The summed E-state index contributed by atoms with van der Waals surface area (Å²) < 4.78 is 52.4. The summed E-state index contributed by atoms with van der Waals surface area (Å²) in [6.07, 6.45) is 0.754. The lowest BCUT2D eigenvalue weighted by Gasteiger charge is -2.39. The van der Waals surface area contributed by atoms with Crippen molar-refractivity contribution in [1.29, 1.82) is 0 Å². The van der Waals surface area contributed by atoms with Gasteiger partial charge >= 0.3 is 0 Å². The highest BCUT2D eigenvalue weighted by atomic mass is 32.2. The van der Waals surface area contributed by atoms with Gasteiger partial charge in [0, 0.05) is 38.2 Å². The zero-order valence-corrected chi connectivity index (χ0v) is 16.4. The Kier molecular flexibility index (Phi) is 5.11. The highest BCUT2D eigenvalue weighted by Gasteiger charge is 2.33. The minimum Gasteiger partial charge on any atom is -0.490 e. The predicted molar refractivity (Wildman–Crippen MR) is 102 cm³/mol. The number of anilines is 1. The number of rotatable bonds is 3. The molecule has 2 aromatic rings. The molecule has 4 rings (SSSR count). The largest absolute Gasteiger partial charge is 0.490 e. The lowest BCUT2D eigenvalue weighted by molar-refractivity contribution is 0.296. The second kappa shape index (κ2) is 7.56. The van der Waals surface area contributed by atoms with E-state index in [0.717, 1.165) is 6.42 Å². The van der Waals surface area contributed by atoms with Crippen LogP contribution in [-0.4, -0.2) is 56.6 Å². The van der Waals surface area contributed by atoms with Crippen LogP contribution in [0, 0.1) is 5.95 Å². The molecule has 1 unspecified atom stereocenters. The minimum atomic E-state index is -3.68. The van der Waals surface area contributed by atoms with Crippen molar-refractivity contribution in [2.75, 3.05) is 37.7 Å². The number of sulfonamides is 1. The van der Waals surface area contributed by atoms with Crippen LogP contribution >= 0.6 is 0 Å². The molecule has 0 amide bonds. The molecule has 28 heavy (non-hydrogen) atoms. The molecule has 1 aromatic carbocycles. The van der Waals surface area contributed by atoms with Gasteiger partial charge in [-0.25, -0.2) is 13.4 Å². The number of aromatic nitrogens is 1. The maximum atomic E-state index is 13.4. The smallest absolute Gasteiger partial charge is 0.243 e. The second-order valence-corrected chi connectivity index (χ2v) is 8.82. The maximum Gasteiger partial charge on any atom is 0.243 e. The average Bonchev–Trinajstić information content (AvgIpc) is 2.92. The molecule has 1 fully saturated rings. The summed E-state index contributed by atoms with van der Waals surface area (Å²) in [7, 11) is -3.68. The molecule has 0 N–H and O–H groups in total. The number of nitrogens with zero attached hydrogens (tertiary/aromatic N) is 3. The Balaban J connectivity index is 1.54. The number of hydrogen-bond donors (Lipinski definition) is 0. The lowest BCUT2D eigenvalue weighted by Crippen LogP contribution is -2.53. The van der Waals surface area contributed by atoms with Gasteiger partial charge in [-0.1, -0.05) is 6.07 Å². The molecule has 0 spiro atoms. The van der Waals surface area contributed by atoms with E-state index in [-0.39, 0.29) is 17.5 Å². The first kappa shape index (κ1) is 18.9. The average molecular weight is 407 g/mol. The van der Waals surface area contributed by atoms with Crippen molar-refractivity contribution in [1.82, 2.24) is 9.29 Å². The van der Waals surface area contributed by atoms with Crippen molar-refractivity contribution in [3.05, 3.63) is 42.3 Å². The van der Waals surface area contributed by atoms with E-state index in [1.165, 1.54) is 16.4 Å². The van der Waals surface area contributed by atoms with E-state index in [2.05, 4.69) is 4.98 Å². The van der Waals surface area contributed by atoms with Gasteiger partial charge < -0.3 is 14.4 Å². The van der Waals surface area contributed by atoms with Crippen molar-refractivity contribution >= 4 is 15.8 Å². The summed E-state index contributed by atoms with van der Waals surface area (Å²) in [5.41, 5.74) is 0. The Morgan fingerprint density at radius 3 is 2.64 bits per heavy atom. The zero-order valence-electron chi connectivity index (χ0n) is 15.5. The molecular weight excluding hydrogens is 385 g/mol. The molecule has 1 saturated heterocycles. The number of hydrogen-bond acceptors (Lipinski definition) is 6. The quantitative estimate of drug-likeness (QED) is 0.727. The first-order chi connectivity index (χ1) is 13.4.